The van der Waals surface area contributed by atoms with Crippen LogP contribution in [0.25, 0.3) is 0 Å². The normalized spacial score (nSPS) is 14.8. The Morgan fingerprint density at radius 2 is 1.80 bits per heavy atom. The first kappa shape index (κ1) is 22.8. The number of thioether (sulfide) groups is 1. The Bertz CT molecular complexity index is 1020. The number of hydrogen-bond acceptors (Lipinski definition) is 5. The molecular weight excluding hydrogens is 444 g/mol. The first-order valence-electron chi connectivity index (χ1n) is 9.69. The number of halogens is 1. The van der Waals surface area contributed by atoms with Crippen LogP contribution in [-0.2, 0) is 10.0 Å². The van der Waals surface area contributed by atoms with Gasteiger partial charge in [-0.25, -0.2) is 8.42 Å². The molecule has 1 fully saturated rings. The minimum absolute atomic E-state index is 0.0144. The van der Waals surface area contributed by atoms with Gasteiger partial charge in [0.15, 0.2) is 0 Å². The Hall–Kier alpha value is -1.90. The monoisotopic (exact) mass is 468 g/mol. The zero-order valence-corrected chi connectivity index (χ0v) is 19.4. The lowest BCUT2D eigenvalue weighted by Gasteiger charge is -2.22. The Morgan fingerprint density at radius 3 is 2.43 bits per heavy atom. The number of hydrogen-bond donors (Lipinski definition) is 1. The first-order valence-corrected chi connectivity index (χ1v) is 12.8. The molecule has 1 aliphatic rings. The van der Waals surface area contributed by atoms with E-state index < -0.39 is 10.0 Å². The standard InChI is InChI=1S/C21H25ClN2O4S2/c1-28-19-9-7-15(22)13-18(19)23-30(26,27)16-8-10-20(29-2)17(14-16)21(25)24-11-5-3-4-6-12-24/h7-10,13-14,23H,3-6,11-12H2,1-2H3. The van der Waals surface area contributed by atoms with E-state index in [1.54, 1.807) is 18.2 Å². The van der Waals surface area contributed by atoms with Crippen LogP contribution in [-0.4, -0.2) is 45.7 Å². The number of amides is 1. The van der Waals surface area contributed by atoms with Gasteiger partial charge in [-0.3, -0.25) is 9.52 Å². The molecule has 0 aliphatic carbocycles. The molecule has 2 aromatic carbocycles. The van der Waals surface area contributed by atoms with Gasteiger partial charge in [-0.15, -0.1) is 11.8 Å². The molecule has 1 aliphatic heterocycles. The second-order valence-electron chi connectivity index (χ2n) is 7.02. The summed E-state index contributed by atoms with van der Waals surface area (Å²) in [5.74, 6) is 0.225. The zero-order valence-electron chi connectivity index (χ0n) is 17.0. The van der Waals surface area contributed by atoms with Crippen molar-refractivity contribution in [3.63, 3.8) is 0 Å². The van der Waals surface area contributed by atoms with Gasteiger partial charge in [-0.05, 0) is 55.5 Å². The fourth-order valence-corrected chi connectivity index (χ4v) is 5.26. The highest BCUT2D eigenvalue weighted by Gasteiger charge is 2.24. The SMILES string of the molecule is COc1ccc(Cl)cc1NS(=O)(=O)c1ccc(SC)c(C(=O)N2CCCCCC2)c1. The summed E-state index contributed by atoms with van der Waals surface area (Å²) >= 11 is 7.44. The van der Waals surface area contributed by atoms with Crippen LogP contribution in [0.4, 0.5) is 5.69 Å². The van der Waals surface area contributed by atoms with Gasteiger partial charge in [0, 0.05) is 23.0 Å². The molecule has 0 spiro atoms. The van der Waals surface area contributed by atoms with Crippen LogP contribution in [0.1, 0.15) is 36.0 Å². The van der Waals surface area contributed by atoms with E-state index in [2.05, 4.69) is 4.72 Å². The molecular formula is C21H25ClN2O4S2. The van der Waals surface area contributed by atoms with Crippen LogP contribution < -0.4 is 9.46 Å². The molecule has 0 bridgehead atoms. The van der Waals surface area contributed by atoms with E-state index in [-0.39, 0.29) is 16.5 Å². The third kappa shape index (κ3) is 5.22. The molecule has 6 nitrogen and oxygen atoms in total. The molecule has 1 amide bonds. The molecule has 0 atom stereocenters. The molecule has 9 heteroatoms. The summed E-state index contributed by atoms with van der Waals surface area (Å²) in [4.78, 5) is 15.8. The third-order valence-corrected chi connectivity index (χ3v) is 7.40. The van der Waals surface area contributed by atoms with Crippen molar-refractivity contribution < 1.29 is 17.9 Å². The van der Waals surface area contributed by atoms with Crippen molar-refractivity contribution in [2.75, 3.05) is 31.2 Å². The molecule has 1 N–H and O–H groups in total. The van der Waals surface area contributed by atoms with Gasteiger partial charge >= 0.3 is 0 Å². The van der Waals surface area contributed by atoms with Crippen LogP contribution >= 0.6 is 23.4 Å². The van der Waals surface area contributed by atoms with Gasteiger partial charge in [0.05, 0.1) is 23.3 Å². The van der Waals surface area contributed by atoms with Gasteiger partial charge in [0.1, 0.15) is 5.75 Å². The highest BCUT2D eigenvalue weighted by molar-refractivity contribution is 7.98. The van der Waals surface area contributed by atoms with E-state index in [0.29, 0.717) is 29.4 Å². The average molecular weight is 469 g/mol. The van der Waals surface area contributed by atoms with E-state index >= 15 is 0 Å². The fourth-order valence-electron chi connectivity index (χ4n) is 3.43. The van der Waals surface area contributed by atoms with Crippen molar-refractivity contribution in [1.29, 1.82) is 0 Å². The predicted octanol–water partition coefficient (Wildman–Crippen LogP) is 4.89. The number of rotatable bonds is 6. The second-order valence-corrected chi connectivity index (χ2v) is 9.99. The van der Waals surface area contributed by atoms with Crippen molar-refractivity contribution in [3.05, 3.63) is 47.0 Å². The molecule has 0 unspecified atom stereocenters. The molecule has 3 rings (SSSR count). The number of benzene rings is 2. The summed E-state index contributed by atoms with van der Waals surface area (Å²) in [7, 11) is -2.50. The number of carbonyl (C=O) groups excluding carboxylic acids is 1. The summed E-state index contributed by atoms with van der Waals surface area (Å²) in [5.41, 5.74) is 0.643. The van der Waals surface area contributed by atoms with Gasteiger partial charge in [-0.1, -0.05) is 24.4 Å². The number of sulfonamides is 1. The van der Waals surface area contributed by atoms with E-state index in [1.807, 2.05) is 11.2 Å². The van der Waals surface area contributed by atoms with Crippen LogP contribution in [0.15, 0.2) is 46.2 Å². The van der Waals surface area contributed by atoms with E-state index in [4.69, 9.17) is 16.3 Å². The quantitative estimate of drug-likeness (QED) is 0.611. The van der Waals surface area contributed by atoms with Crippen molar-refractivity contribution >= 4 is 45.0 Å². The van der Waals surface area contributed by atoms with Gasteiger partial charge < -0.3 is 9.64 Å². The van der Waals surface area contributed by atoms with E-state index in [0.717, 1.165) is 30.6 Å². The Morgan fingerprint density at radius 1 is 1.10 bits per heavy atom. The lowest BCUT2D eigenvalue weighted by molar-refractivity contribution is 0.0758. The first-order chi connectivity index (χ1) is 14.4. The Kier molecular flexibility index (Phi) is 7.55. The summed E-state index contributed by atoms with van der Waals surface area (Å²) < 4.78 is 33.8. The van der Waals surface area contributed by atoms with Gasteiger partial charge in [-0.2, -0.15) is 0 Å². The van der Waals surface area contributed by atoms with Crippen molar-refractivity contribution in [2.45, 2.75) is 35.5 Å². The second kappa shape index (κ2) is 9.94. The molecule has 2 aromatic rings. The lowest BCUT2D eigenvalue weighted by atomic mass is 10.2. The maximum absolute atomic E-state index is 13.2. The smallest absolute Gasteiger partial charge is 0.262 e. The average Bonchev–Trinajstić information content (AvgIpc) is 3.02. The fraction of sp³-hybridized carbons (Fsp3) is 0.381. The minimum atomic E-state index is -3.95. The number of anilines is 1. The summed E-state index contributed by atoms with van der Waals surface area (Å²) in [5, 5.41) is 0.378. The number of methoxy groups -OCH3 is 1. The summed E-state index contributed by atoms with van der Waals surface area (Å²) in [6.45, 7) is 1.39. The van der Waals surface area contributed by atoms with E-state index in [1.165, 1.54) is 37.1 Å². The number of nitrogens with one attached hydrogen (secondary N) is 1. The van der Waals surface area contributed by atoms with Gasteiger partial charge in [0.2, 0.25) is 0 Å². The number of carbonyl (C=O) groups is 1. The predicted molar refractivity (Wildman–Crippen MR) is 121 cm³/mol. The number of ether oxygens (including phenoxy) is 1. The van der Waals surface area contributed by atoms with Crippen molar-refractivity contribution in [1.82, 2.24) is 4.90 Å². The highest BCUT2D eigenvalue weighted by Crippen LogP contribution is 2.31. The molecule has 0 radical (unpaired) electrons. The molecule has 0 saturated carbocycles. The highest BCUT2D eigenvalue weighted by atomic mass is 35.5. The molecule has 0 aromatic heterocycles. The van der Waals surface area contributed by atoms with Crippen LogP contribution in [0.5, 0.6) is 5.75 Å². The maximum atomic E-state index is 13.2. The molecule has 30 heavy (non-hydrogen) atoms. The van der Waals surface area contributed by atoms with Crippen LogP contribution in [0, 0.1) is 0 Å². The third-order valence-electron chi connectivity index (χ3n) is 5.01. The van der Waals surface area contributed by atoms with Crippen molar-refractivity contribution in [2.24, 2.45) is 0 Å². The van der Waals surface area contributed by atoms with Crippen LogP contribution in [0.2, 0.25) is 5.02 Å². The summed E-state index contributed by atoms with van der Waals surface area (Å²) in [6.07, 6.45) is 6.03. The van der Waals surface area contributed by atoms with E-state index in [9.17, 15) is 13.2 Å². The van der Waals surface area contributed by atoms with Crippen LogP contribution in [0.3, 0.4) is 0 Å². The zero-order chi connectivity index (χ0) is 21.7. The number of likely N-dealkylation sites (tertiary alicyclic amines) is 1. The molecule has 162 valence electrons. The Balaban J connectivity index is 1.95. The summed E-state index contributed by atoms with van der Waals surface area (Å²) in [6, 6.07) is 9.33. The molecule has 1 heterocycles. The Labute approximate surface area is 187 Å². The molecule has 1 saturated heterocycles. The van der Waals surface area contributed by atoms with Crippen molar-refractivity contribution in [3.8, 4) is 5.75 Å². The lowest BCUT2D eigenvalue weighted by Crippen LogP contribution is -2.32. The minimum Gasteiger partial charge on any atom is -0.495 e. The topological polar surface area (TPSA) is 75.7 Å². The maximum Gasteiger partial charge on any atom is 0.262 e. The number of nitrogens with zero attached hydrogens (tertiary/aromatic N) is 1. The largest absolute Gasteiger partial charge is 0.495 e. The van der Waals surface area contributed by atoms with Gasteiger partial charge in [0.25, 0.3) is 15.9 Å².